The van der Waals surface area contributed by atoms with Gasteiger partial charge in [0, 0.05) is 35.9 Å². The van der Waals surface area contributed by atoms with Crippen molar-refractivity contribution in [2.75, 3.05) is 13.7 Å². The summed E-state index contributed by atoms with van der Waals surface area (Å²) < 4.78 is 35.3. The van der Waals surface area contributed by atoms with Crippen molar-refractivity contribution in [3.8, 4) is 5.75 Å². The number of fused-ring (bicyclic) bond motifs is 1. The lowest BCUT2D eigenvalue weighted by Gasteiger charge is -2.11. The largest absolute Gasteiger partial charge is 0.495 e. The molecule has 28 heavy (non-hydrogen) atoms. The van der Waals surface area contributed by atoms with Crippen LogP contribution in [0.4, 0.5) is 0 Å². The number of methoxy groups -OCH3 is 1. The van der Waals surface area contributed by atoms with Crippen LogP contribution in [0.1, 0.15) is 19.4 Å². The number of sulfonamides is 1. The highest BCUT2D eigenvalue weighted by atomic mass is 35.5. The fraction of sp³-hybridized carbons (Fsp3) is 0.350. The van der Waals surface area contributed by atoms with Gasteiger partial charge in [-0.25, -0.2) is 18.1 Å². The average Bonchev–Trinajstić information content (AvgIpc) is 2.99. The number of benzene rings is 1. The van der Waals surface area contributed by atoms with Crippen molar-refractivity contribution >= 4 is 32.7 Å². The van der Waals surface area contributed by atoms with E-state index in [0.717, 1.165) is 23.1 Å². The Morgan fingerprint density at radius 3 is 2.79 bits per heavy atom. The molecule has 0 spiro atoms. The Bertz CT molecular complexity index is 1080. The van der Waals surface area contributed by atoms with E-state index in [9.17, 15) is 8.42 Å². The van der Waals surface area contributed by atoms with Crippen molar-refractivity contribution in [1.29, 1.82) is 0 Å². The molecular formula is C20H24ClN3O3S. The highest BCUT2D eigenvalue weighted by molar-refractivity contribution is 7.89. The van der Waals surface area contributed by atoms with Crippen LogP contribution >= 0.6 is 11.6 Å². The van der Waals surface area contributed by atoms with E-state index < -0.39 is 10.0 Å². The van der Waals surface area contributed by atoms with Crippen LogP contribution in [0.5, 0.6) is 5.75 Å². The van der Waals surface area contributed by atoms with Gasteiger partial charge in [-0.1, -0.05) is 25.4 Å². The van der Waals surface area contributed by atoms with Crippen LogP contribution in [0, 0.1) is 5.92 Å². The molecule has 2 heterocycles. The lowest BCUT2D eigenvalue weighted by Crippen LogP contribution is -2.26. The molecule has 0 atom stereocenters. The lowest BCUT2D eigenvalue weighted by atomic mass is 10.2. The molecule has 0 amide bonds. The van der Waals surface area contributed by atoms with Gasteiger partial charge in [0.25, 0.3) is 0 Å². The van der Waals surface area contributed by atoms with Crippen molar-refractivity contribution in [1.82, 2.24) is 14.3 Å². The van der Waals surface area contributed by atoms with E-state index in [0.29, 0.717) is 17.4 Å². The fourth-order valence-corrected chi connectivity index (χ4v) is 4.65. The first-order valence-electron chi connectivity index (χ1n) is 9.07. The number of rotatable bonds is 8. The molecule has 1 N–H and O–H groups in total. The number of nitrogens with one attached hydrogen (secondary N) is 1. The zero-order valence-electron chi connectivity index (χ0n) is 16.1. The van der Waals surface area contributed by atoms with E-state index in [4.69, 9.17) is 16.3 Å². The van der Waals surface area contributed by atoms with Crippen molar-refractivity contribution in [3.05, 3.63) is 53.3 Å². The van der Waals surface area contributed by atoms with Crippen LogP contribution in [0.25, 0.3) is 11.0 Å². The van der Waals surface area contributed by atoms with Gasteiger partial charge in [-0.05, 0) is 48.2 Å². The second-order valence-corrected chi connectivity index (χ2v) is 9.19. The Kier molecular flexibility index (Phi) is 6.27. The van der Waals surface area contributed by atoms with Gasteiger partial charge in [0.1, 0.15) is 16.3 Å². The standard InChI is InChI=1S/C20H24ClN3O3S/c1-14(2)12-24-13-15(17-5-4-9-22-20(17)24)8-10-23-28(25,26)19-11-16(21)6-7-18(19)27-3/h4-7,9,11,13-14,23H,8,10,12H2,1-3H3. The number of halogens is 1. The number of nitrogens with zero attached hydrogens (tertiary/aromatic N) is 2. The third-order valence-electron chi connectivity index (χ3n) is 4.38. The number of ether oxygens (including phenoxy) is 1. The number of hydrogen-bond acceptors (Lipinski definition) is 4. The molecule has 0 aliphatic rings. The second-order valence-electron chi connectivity index (χ2n) is 7.02. The van der Waals surface area contributed by atoms with Gasteiger partial charge in [-0.3, -0.25) is 0 Å². The summed E-state index contributed by atoms with van der Waals surface area (Å²) in [5, 5.41) is 1.38. The van der Waals surface area contributed by atoms with Crippen LogP contribution < -0.4 is 9.46 Å². The minimum absolute atomic E-state index is 0.0337. The van der Waals surface area contributed by atoms with E-state index >= 15 is 0 Å². The molecule has 1 aromatic carbocycles. The van der Waals surface area contributed by atoms with Crippen molar-refractivity contribution < 1.29 is 13.2 Å². The van der Waals surface area contributed by atoms with Gasteiger partial charge >= 0.3 is 0 Å². The molecule has 8 heteroatoms. The van der Waals surface area contributed by atoms with E-state index in [1.165, 1.54) is 13.2 Å². The molecule has 0 fully saturated rings. The Morgan fingerprint density at radius 1 is 1.29 bits per heavy atom. The van der Waals surface area contributed by atoms with Crippen LogP contribution in [-0.4, -0.2) is 31.6 Å². The Morgan fingerprint density at radius 2 is 2.07 bits per heavy atom. The van der Waals surface area contributed by atoms with Crippen molar-refractivity contribution in [3.63, 3.8) is 0 Å². The monoisotopic (exact) mass is 421 g/mol. The summed E-state index contributed by atoms with van der Waals surface area (Å²) >= 11 is 5.96. The Labute approximate surface area is 170 Å². The second kappa shape index (κ2) is 8.51. The van der Waals surface area contributed by atoms with Gasteiger partial charge in [0.15, 0.2) is 0 Å². The number of aromatic nitrogens is 2. The molecule has 0 aliphatic carbocycles. The van der Waals surface area contributed by atoms with Crippen molar-refractivity contribution in [2.45, 2.75) is 31.7 Å². The summed E-state index contributed by atoms with van der Waals surface area (Å²) in [6, 6.07) is 8.44. The molecular weight excluding hydrogens is 398 g/mol. The molecule has 0 radical (unpaired) electrons. The lowest BCUT2D eigenvalue weighted by molar-refractivity contribution is 0.402. The number of pyridine rings is 1. The molecule has 3 aromatic rings. The third kappa shape index (κ3) is 4.48. The summed E-state index contributed by atoms with van der Waals surface area (Å²) in [7, 11) is -2.31. The molecule has 6 nitrogen and oxygen atoms in total. The summed E-state index contributed by atoms with van der Waals surface area (Å²) in [6.45, 7) is 5.43. The van der Waals surface area contributed by atoms with Gasteiger partial charge in [0.2, 0.25) is 10.0 Å². The molecule has 0 unspecified atom stereocenters. The Hall–Kier alpha value is -2.09. The Balaban J connectivity index is 1.79. The maximum absolute atomic E-state index is 12.7. The average molecular weight is 422 g/mol. The first-order valence-corrected chi connectivity index (χ1v) is 10.9. The molecule has 2 aromatic heterocycles. The third-order valence-corrected chi connectivity index (χ3v) is 6.10. The molecule has 0 saturated carbocycles. The van der Waals surface area contributed by atoms with E-state index in [1.54, 1.807) is 18.3 Å². The predicted octanol–water partition coefficient (Wildman–Crippen LogP) is 3.88. The van der Waals surface area contributed by atoms with Crippen LogP contribution in [0.15, 0.2) is 47.6 Å². The fourth-order valence-electron chi connectivity index (χ4n) is 3.19. The highest BCUT2D eigenvalue weighted by Gasteiger charge is 2.20. The van der Waals surface area contributed by atoms with Crippen LogP contribution in [-0.2, 0) is 23.0 Å². The van der Waals surface area contributed by atoms with Crippen LogP contribution in [0.3, 0.4) is 0 Å². The molecule has 0 bridgehead atoms. The molecule has 0 aliphatic heterocycles. The van der Waals surface area contributed by atoms with Crippen LogP contribution in [0.2, 0.25) is 5.02 Å². The van der Waals surface area contributed by atoms with Crippen molar-refractivity contribution in [2.24, 2.45) is 5.92 Å². The summed E-state index contributed by atoms with van der Waals surface area (Å²) in [6.07, 6.45) is 4.39. The first kappa shape index (κ1) is 20.6. The van der Waals surface area contributed by atoms with E-state index in [-0.39, 0.29) is 17.2 Å². The molecule has 0 saturated heterocycles. The normalized spacial score (nSPS) is 12.0. The first-order chi connectivity index (χ1) is 13.3. The quantitative estimate of drug-likeness (QED) is 0.599. The predicted molar refractivity (Wildman–Crippen MR) is 111 cm³/mol. The minimum Gasteiger partial charge on any atom is -0.495 e. The SMILES string of the molecule is COc1ccc(Cl)cc1S(=O)(=O)NCCc1cn(CC(C)C)c2ncccc12. The smallest absolute Gasteiger partial charge is 0.244 e. The van der Waals surface area contributed by atoms with Gasteiger partial charge in [-0.2, -0.15) is 0 Å². The maximum Gasteiger partial charge on any atom is 0.244 e. The summed E-state index contributed by atoms with van der Waals surface area (Å²) in [4.78, 5) is 4.52. The summed E-state index contributed by atoms with van der Waals surface area (Å²) in [5.41, 5.74) is 1.98. The molecule has 3 rings (SSSR count). The summed E-state index contributed by atoms with van der Waals surface area (Å²) in [5.74, 6) is 0.744. The van der Waals surface area contributed by atoms with E-state index in [1.807, 2.05) is 12.1 Å². The minimum atomic E-state index is -3.74. The van der Waals surface area contributed by atoms with Gasteiger partial charge in [0.05, 0.1) is 7.11 Å². The number of hydrogen-bond donors (Lipinski definition) is 1. The zero-order chi connectivity index (χ0) is 20.3. The topological polar surface area (TPSA) is 73.2 Å². The van der Waals surface area contributed by atoms with E-state index in [2.05, 4.69) is 34.3 Å². The molecule has 150 valence electrons. The zero-order valence-corrected chi connectivity index (χ0v) is 17.7. The maximum atomic E-state index is 12.7. The van der Waals surface area contributed by atoms with Gasteiger partial charge < -0.3 is 9.30 Å². The van der Waals surface area contributed by atoms with Gasteiger partial charge in [-0.15, -0.1) is 0 Å². The highest BCUT2D eigenvalue weighted by Crippen LogP contribution is 2.27.